The zero-order chi connectivity index (χ0) is 13.8. The minimum atomic E-state index is -0.391. The van der Waals surface area contributed by atoms with Gasteiger partial charge in [-0.15, -0.1) is 6.42 Å². The molecule has 2 N–H and O–H groups in total. The number of fused-ring (bicyclic) bond motifs is 1. The van der Waals surface area contributed by atoms with E-state index in [1.807, 2.05) is 6.92 Å². The summed E-state index contributed by atoms with van der Waals surface area (Å²) >= 11 is 0. The van der Waals surface area contributed by atoms with Crippen LogP contribution in [0.15, 0.2) is 29.1 Å². The van der Waals surface area contributed by atoms with E-state index in [1.165, 1.54) is 0 Å². The lowest BCUT2D eigenvalue weighted by Gasteiger charge is -2.10. The fourth-order valence-corrected chi connectivity index (χ4v) is 1.78. The van der Waals surface area contributed by atoms with Crippen molar-refractivity contribution in [3.8, 4) is 12.3 Å². The first-order chi connectivity index (χ1) is 9.17. The van der Waals surface area contributed by atoms with Gasteiger partial charge in [-0.1, -0.05) is 31.0 Å². The van der Waals surface area contributed by atoms with Crippen molar-refractivity contribution in [1.29, 1.82) is 0 Å². The second kappa shape index (κ2) is 5.36. The Labute approximate surface area is 110 Å². The third-order valence-corrected chi connectivity index (χ3v) is 2.83. The van der Waals surface area contributed by atoms with Crippen LogP contribution in [0.1, 0.15) is 23.8 Å². The highest BCUT2D eigenvalue weighted by Crippen LogP contribution is 2.12. The standard InChI is InChI=1S/C14H13N3O2/c1-3-9(4-2)15-14(19)12-10-7-5-6-8-11(10)13(18)17-16-12/h1,5-9H,4H2,2H3,(H,15,19)(H,17,18). The van der Waals surface area contributed by atoms with Crippen LogP contribution in [-0.2, 0) is 0 Å². The van der Waals surface area contributed by atoms with Crippen LogP contribution in [-0.4, -0.2) is 22.1 Å². The van der Waals surface area contributed by atoms with Crippen molar-refractivity contribution in [2.24, 2.45) is 0 Å². The normalized spacial score (nSPS) is 11.8. The van der Waals surface area contributed by atoms with Crippen molar-refractivity contribution < 1.29 is 4.79 Å². The first kappa shape index (κ1) is 12.8. The molecule has 1 amide bonds. The maximum atomic E-state index is 12.1. The number of hydrogen-bond acceptors (Lipinski definition) is 3. The number of amides is 1. The molecule has 1 atom stereocenters. The fourth-order valence-electron chi connectivity index (χ4n) is 1.78. The van der Waals surface area contributed by atoms with Crippen molar-refractivity contribution in [3.05, 3.63) is 40.3 Å². The Kier molecular flexibility index (Phi) is 3.62. The number of carbonyl (C=O) groups excluding carboxylic acids is 1. The van der Waals surface area contributed by atoms with Gasteiger partial charge in [0.05, 0.1) is 11.4 Å². The third-order valence-electron chi connectivity index (χ3n) is 2.83. The molecule has 19 heavy (non-hydrogen) atoms. The van der Waals surface area contributed by atoms with E-state index >= 15 is 0 Å². The number of rotatable bonds is 3. The summed E-state index contributed by atoms with van der Waals surface area (Å²) in [6.07, 6.45) is 5.93. The SMILES string of the molecule is C#CC(CC)NC(=O)c1n[nH]c(=O)c2ccccc12. The van der Waals surface area contributed by atoms with Gasteiger partial charge >= 0.3 is 0 Å². The predicted octanol–water partition coefficient (Wildman–Crippen LogP) is 1.06. The predicted molar refractivity (Wildman–Crippen MR) is 72.7 cm³/mol. The molecule has 0 saturated carbocycles. The molecule has 1 heterocycles. The van der Waals surface area contributed by atoms with Gasteiger partial charge in [0, 0.05) is 5.39 Å². The monoisotopic (exact) mass is 255 g/mol. The number of terminal acetylenes is 1. The van der Waals surface area contributed by atoms with E-state index in [2.05, 4.69) is 21.4 Å². The van der Waals surface area contributed by atoms with E-state index in [-0.39, 0.29) is 17.3 Å². The molecule has 0 aliphatic heterocycles. The van der Waals surface area contributed by atoms with Gasteiger partial charge in [-0.2, -0.15) is 5.10 Å². The second-order valence-electron chi connectivity index (χ2n) is 4.05. The number of carbonyl (C=O) groups is 1. The molecule has 5 heteroatoms. The largest absolute Gasteiger partial charge is 0.337 e. The van der Waals surface area contributed by atoms with Crippen LogP contribution in [0, 0.1) is 12.3 Å². The molecule has 0 radical (unpaired) electrons. The van der Waals surface area contributed by atoms with Crippen LogP contribution in [0.2, 0.25) is 0 Å². The minimum absolute atomic E-state index is 0.170. The zero-order valence-corrected chi connectivity index (χ0v) is 10.4. The number of hydrogen-bond donors (Lipinski definition) is 2. The molecule has 2 aromatic rings. The maximum Gasteiger partial charge on any atom is 0.273 e. The highest BCUT2D eigenvalue weighted by Gasteiger charge is 2.15. The average Bonchev–Trinajstić information content (AvgIpc) is 2.45. The van der Waals surface area contributed by atoms with E-state index in [4.69, 9.17) is 6.42 Å². The van der Waals surface area contributed by atoms with Crippen molar-refractivity contribution in [2.45, 2.75) is 19.4 Å². The molecular weight excluding hydrogens is 242 g/mol. The third kappa shape index (κ3) is 2.47. The van der Waals surface area contributed by atoms with Gasteiger partial charge < -0.3 is 5.32 Å². The number of nitrogens with zero attached hydrogens (tertiary/aromatic N) is 1. The molecule has 2 rings (SSSR count). The molecule has 0 aliphatic carbocycles. The van der Waals surface area contributed by atoms with E-state index < -0.39 is 5.91 Å². The number of nitrogens with one attached hydrogen (secondary N) is 2. The van der Waals surface area contributed by atoms with Crippen LogP contribution >= 0.6 is 0 Å². The summed E-state index contributed by atoms with van der Waals surface area (Å²) in [6.45, 7) is 1.88. The van der Waals surface area contributed by atoms with Gasteiger partial charge in [0.2, 0.25) is 0 Å². The summed E-state index contributed by atoms with van der Waals surface area (Å²) in [4.78, 5) is 23.7. The van der Waals surface area contributed by atoms with Gasteiger partial charge in [-0.05, 0) is 12.5 Å². The van der Waals surface area contributed by atoms with Gasteiger partial charge in [-0.25, -0.2) is 5.10 Å². The smallest absolute Gasteiger partial charge is 0.273 e. The van der Waals surface area contributed by atoms with E-state index in [9.17, 15) is 9.59 Å². The van der Waals surface area contributed by atoms with E-state index in [0.717, 1.165) is 0 Å². The Morgan fingerprint density at radius 3 is 2.79 bits per heavy atom. The quantitative estimate of drug-likeness (QED) is 0.805. The van der Waals surface area contributed by atoms with Crippen LogP contribution in [0.25, 0.3) is 10.8 Å². The van der Waals surface area contributed by atoms with E-state index in [1.54, 1.807) is 24.3 Å². The first-order valence-corrected chi connectivity index (χ1v) is 5.91. The molecule has 0 aliphatic rings. The number of aromatic nitrogens is 2. The number of H-pyrrole nitrogens is 1. The molecule has 0 saturated heterocycles. The lowest BCUT2D eigenvalue weighted by Crippen LogP contribution is -2.34. The Bertz CT molecular complexity index is 712. The van der Waals surface area contributed by atoms with Crippen LogP contribution in [0.3, 0.4) is 0 Å². The summed E-state index contributed by atoms with van der Waals surface area (Å²) in [5.74, 6) is 2.09. The van der Waals surface area contributed by atoms with Crippen LogP contribution in [0.5, 0.6) is 0 Å². The Morgan fingerprint density at radius 2 is 2.16 bits per heavy atom. The van der Waals surface area contributed by atoms with Crippen molar-refractivity contribution in [1.82, 2.24) is 15.5 Å². The Hall–Kier alpha value is -2.61. The van der Waals surface area contributed by atoms with Crippen molar-refractivity contribution in [3.63, 3.8) is 0 Å². The molecule has 0 fully saturated rings. The van der Waals surface area contributed by atoms with Gasteiger partial charge in [-0.3, -0.25) is 9.59 Å². The average molecular weight is 255 g/mol. The van der Waals surface area contributed by atoms with E-state index in [0.29, 0.717) is 17.2 Å². The number of benzene rings is 1. The molecular formula is C14H13N3O2. The lowest BCUT2D eigenvalue weighted by molar-refractivity contribution is 0.0941. The molecule has 5 nitrogen and oxygen atoms in total. The summed E-state index contributed by atoms with van der Waals surface area (Å²) in [5, 5.41) is 9.75. The van der Waals surface area contributed by atoms with Crippen molar-refractivity contribution >= 4 is 16.7 Å². The Morgan fingerprint density at radius 1 is 1.47 bits per heavy atom. The fraction of sp³-hybridized carbons (Fsp3) is 0.214. The van der Waals surface area contributed by atoms with Crippen molar-refractivity contribution in [2.75, 3.05) is 0 Å². The zero-order valence-electron chi connectivity index (χ0n) is 10.4. The molecule has 1 aromatic carbocycles. The summed E-state index contributed by atoms with van der Waals surface area (Å²) in [7, 11) is 0. The maximum absolute atomic E-state index is 12.1. The number of aromatic amines is 1. The molecule has 96 valence electrons. The van der Waals surface area contributed by atoms with Crippen LogP contribution in [0.4, 0.5) is 0 Å². The molecule has 1 unspecified atom stereocenters. The van der Waals surface area contributed by atoms with Gasteiger partial charge in [0.15, 0.2) is 5.69 Å². The summed E-state index contributed by atoms with van der Waals surface area (Å²) in [6, 6.07) is 6.46. The first-order valence-electron chi connectivity index (χ1n) is 5.91. The topological polar surface area (TPSA) is 74.8 Å². The Balaban J connectivity index is 2.47. The summed E-state index contributed by atoms with van der Waals surface area (Å²) < 4.78 is 0. The lowest BCUT2D eigenvalue weighted by atomic mass is 10.1. The van der Waals surface area contributed by atoms with Crippen LogP contribution < -0.4 is 10.9 Å². The highest BCUT2D eigenvalue weighted by molar-refractivity contribution is 6.04. The highest BCUT2D eigenvalue weighted by atomic mass is 16.2. The summed E-state index contributed by atoms with van der Waals surface area (Å²) in [5.41, 5.74) is -0.153. The van der Waals surface area contributed by atoms with Gasteiger partial charge in [0.1, 0.15) is 0 Å². The molecule has 0 bridgehead atoms. The minimum Gasteiger partial charge on any atom is -0.337 e. The molecule has 1 aromatic heterocycles. The molecule has 0 spiro atoms. The second-order valence-corrected chi connectivity index (χ2v) is 4.05. The van der Waals surface area contributed by atoms with Gasteiger partial charge in [0.25, 0.3) is 11.5 Å².